The molecule has 3 aliphatic rings. The van der Waals surface area contributed by atoms with E-state index in [0.717, 1.165) is 49.1 Å². The van der Waals surface area contributed by atoms with Crippen LogP contribution in [0.15, 0.2) is 54.7 Å². The van der Waals surface area contributed by atoms with Gasteiger partial charge in [0.05, 0.1) is 12.2 Å². The fraction of sp³-hybridized carbons (Fsp3) is 0.538. The Morgan fingerprint density at radius 1 is 1.15 bits per heavy atom. The zero-order chi connectivity index (χ0) is 32.7. The van der Waals surface area contributed by atoms with E-state index in [2.05, 4.69) is 56.2 Å². The van der Waals surface area contributed by atoms with Gasteiger partial charge in [0.15, 0.2) is 0 Å². The standard InChI is InChI=1S/C39H49ClN2O4/c1-25(24-46-34-14-19-41-33-11-6-8-26(2)35(33)34)20-29-21-27-12-13-28(37(3,4)45-5)22-32(27)38(29)15-17-39(18-16-38,36(43)44)42-31-10-7-9-30(40)23-31/h7,9-10,12-14,19,22-23,25-26,29,42H,6,8,11,15-18,20-21,24H2,1-5H3,(H,43,44)/t25-,26-,29+,38?,39?/m1/s1. The summed E-state index contributed by atoms with van der Waals surface area (Å²) in [4.78, 5) is 17.6. The second kappa shape index (κ2) is 12.8. The number of aryl methyl sites for hydroxylation is 1. The molecule has 0 aliphatic heterocycles. The van der Waals surface area contributed by atoms with Gasteiger partial charge >= 0.3 is 5.97 Å². The molecule has 0 saturated heterocycles. The van der Waals surface area contributed by atoms with Gasteiger partial charge in [0.2, 0.25) is 0 Å². The van der Waals surface area contributed by atoms with Gasteiger partial charge in [-0.25, -0.2) is 4.79 Å². The number of hydrogen-bond acceptors (Lipinski definition) is 5. The molecule has 46 heavy (non-hydrogen) atoms. The third-order valence-electron chi connectivity index (χ3n) is 11.5. The average Bonchev–Trinajstić information content (AvgIpc) is 3.32. The Balaban J connectivity index is 1.26. The van der Waals surface area contributed by atoms with Crippen molar-refractivity contribution in [2.75, 3.05) is 19.0 Å². The summed E-state index contributed by atoms with van der Waals surface area (Å²) in [6, 6.07) is 16.3. The number of ether oxygens (including phenoxy) is 2. The van der Waals surface area contributed by atoms with Gasteiger partial charge in [0.1, 0.15) is 11.3 Å². The fourth-order valence-corrected chi connectivity index (χ4v) is 8.78. The van der Waals surface area contributed by atoms with E-state index in [1.165, 1.54) is 35.2 Å². The minimum Gasteiger partial charge on any atom is -0.493 e. The second-order valence-corrected chi connectivity index (χ2v) is 15.2. The summed E-state index contributed by atoms with van der Waals surface area (Å²) in [7, 11) is 1.76. The topological polar surface area (TPSA) is 80.7 Å². The first-order valence-electron chi connectivity index (χ1n) is 17.0. The smallest absolute Gasteiger partial charge is 0.329 e. The van der Waals surface area contributed by atoms with Crippen molar-refractivity contribution in [2.45, 2.75) is 108 Å². The van der Waals surface area contributed by atoms with E-state index in [9.17, 15) is 9.90 Å². The van der Waals surface area contributed by atoms with Crippen LogP contribution in [0.1, 0.15) is 107 Å². The maximum atomic E-state index is 12.9. The van der Waals surface area contributed by atoms with Crippen molar-refractivity contribution >= 4 is 23.3 Å². The maximum absolute atomic E-state index is 12.9. The molecule has 3 atom stereocenters. The minimum absolute atomic E-state index is 0.108. The van der Waals surface area contributed by atoms with E-state index < -0.39 is 17.1 Å². The average molecular weight is 645 g/mol. The van der Waals surface area contributed by atoms with Crippen molar-refractivity contribution in [1.29, 1.82) is 0 Å². The van der Waals surface area contributed by atoms with Crippen LogP contribution in [0.25, 0.3) is 0 Å². The number of hydrogen-bond donors (Lipinski definition) is 2. The number of fused-ring (bicyclic) bond motifs is 3. The van der Waals surface area contributed by atoms with Gasteiger partial charge in [-0.1, -0.05) is 49.7 Å². The SMILES string of the molecule is COC(C)(C)c1ccc2c(c1)C1(CCC(Nc3cccc(Cl)c3)(C(=O)O)CC1)[C@@H](C[C@@H](C)COc1ccnc3c1[C@H](C)CCC3)C2. The lowest BCUT2D eigenvalue weighted by atomic mass is 9.59. The number of aliphatic carboxylic acids is 1. The Kier molecular flexibility index (Phi) is 9.17. The van der Waals surface area contributed by atoms with E-state index >= 15 is 0 Å². The molecule has 6 nitrogen and oxygen atoms in total. The lowest BCUT2D eigenvalue weighted by molar-refractivity contribution is -0.144. The van der Waals surface area contributed by atoms with Gasteiger partial charge in [-0.2, -0.15) is 0 Å². The number of halogens is 1. The lowest BCUT2D eigenvalue weighted by Gasteiger charge is -2.47. The maximum Gasteiger partial charge on any atom is 0.329 e. The predicted octanol–water partition coefficient (Wildman–Crippen LogP) is 9.08. The van der Waals surface area contributed by atoms with Crippen molar-refractivity contribution in [3.8, 4) is 5.75 Å². The molecule has 1 heterocycles. The largest absolute Gasteiger partial charge is 0.493 e. The number of benzene rings is 2. The van der Waals surface area contributed by atoms with Crippen LogP contribution in [0.3, 0.4) is 0 Å². The fourth-order valence-electron chi connectivity index (χ4n) is 8.59. The summed E-state index contributed by atoms with van der Waals surface area (Å²) in [5.41, 5.74) is 5.60. The van der Waals surface area contributed by atoms with Gasteiger partial charge < -0.3 is 19.9 Å². The van der Waals surface area contributed by atoms with Crippen LogP contribution < -0.4 is 10.1 Å². The quantitative estimate of drug-likeness (QED) is 0.229. The molecule has 1 saturated carbocycles. The molecule has 0 bridgehead atoms. The summed E-state index contributed by atoms with van der Waals surface area (Å²) >= 11 is 6.27. The van der Waals surface area contributed by atoms with Crippen LogP contribution >= 0.6 is 11.6 Å². The van der Waals surface area contributed by atoms with E-state index in [4.69, 9.17) is 21.1 Å². The van der Waals surface area contributed by atoms with Crippen LogP contribution in [-0.2, 0) is 33.4 Å². The Morgan fingerprint density at radius 2 is 1.93 bits per heavy atom. The highest BCUT2D eigenvalue weighted by atomic mass is 35.5. The van der Waals surface area contributed by atoms with Crippen LogP contribution in [0.4, 0.5) is 5.69 Å². The van der Waals surface area contributed by atoms with Gasteiger partial charge in [0.25, 0.3) is 0 Å². The first kappa shape index (κ1) is 32.8. The summed E-state index contributed by atoms with van der Waals surface area (Å²) in [5.74, 6) is 1.40. The number of rotatable bonds is 10. The highest BCUT2D eigenvalue weighted by Gasteiger charge is 2.54. The molecule has 2 N–H and O–H groups in total. The molecule has 6 rings (SSSR count). The van der Waals surface area contributed by atoms with E-state index in [-0.39, 0.29) is 5.41 Å². The molecule has 1 fully saturated rings. The molecule has 0 amide bonds. The Labute approximate surface area is 279 Å². The van der Waals surface area contributed by atoms with Crippen molar-refractivity contribution < 1.29 is 19.4 Å². The summed E-state index contributed by atoms with van der Waals surface area (Å²) < 4.78 is 12.5. The molecule has 1 spiro atoms. The number of methoxy groups -OCH3 is 1. The van der Waals surface area contributed by atoms with E-state index in [0.29, 0.717) is 42.2 Å². The van der Waals surface area contributed by atoms with Crippen molar-refractivity contribution in [3.05, 3.63) is 87.7 Å². The molecule has 0 unspecified atom stereocenters. The van der Waals surface area contributed by atoms with E-state index in [1.54, 1.807) is 7.11 Å². The van der Waals surface area contributed by atoms with Crippen LogP contribution in [-0.4, -0.2) is 35.3 Å². The molecular weight excluding hydrogens is 596 g/mol. The second-order valence-electron chi connectivity index (χ2n) is 14.8. The van der Waals surface area contributed by atoms with Crippen LogP contribution in [0, 0.1) is 11.8 Å². The normalized spacial score (nSPS) is 26.3. The zero-order valence-electron chi connectivity index (χ0n) is 28.0. The number of carbonyl (C=O) groups is 1. The monoisotopic (exact) mass is 644 g/mol. The van der Waals surface area contributed by atoms with Gasteiger partial charge in [0, 0.05) is 35.3 Å². The van der Waals surface area contributed by atoms with Crippen molar-refractivity contribution in [3.63, 3.8) is 0 Å². The lowest BCUT2D eigenvalue weighted by Crippen LogP contribution is -2.53. The molecule has 2 aromatic carbocycles. The van der Waals surface area contributed by atoms with Crippen molar-refractivity contribution in [2.24, 2.45) is 11.8 Å². The number of nitrogens with zero attached hydrogens (tertiary/aromatic N) is 1. The number of anilines is 1. The minimum atomic E-state index is -1.04. The molecule has 246 valence electrons. The summed E-state index contributed by atoms with van der Waals surface area (Å²) in [6.45, 7) is 9.46. The van der Waals surface area contributed by atoms with Gasteiger partial charge in [-0.3, -0.25) is 4.98 Å². The predicted molar refractivity (Wildman–Crippen MR) is 184 cm³/mol. The number of carboxylic acids is 1. The number of nitrogens with one attached hydrogen (secondary N) is 1. The van der Waals surface area contributed by atoms with E-state index in [1.807, 2.05) is 36.5 Å². The van der Waals surface area contributed by atoms with Gasteiger partial charge in [-0.05, 0) is 136 Å². The summed E-state index contributed by atoms with van der Waals surface area (Å²) in [6.07, 6.45) is 9.97. The van der Waals surface area contributed by atoms with Crippen molar-refractivity contribution in [1.82, 2.24) is 4.98 Å². The highest BCUT2D eigenvalue weighted by molar-refractivity contribution is 6.30. The molecule has 3 aliphatic carbocycles. The number of carboxylic acid groups (broad SMARTS) is 1. The summed E-state index contributed by atoms with van der Waals surface area (Å²) in [5, 5.41) is 14.6. The molecule has 1 aromatic heterocycles. The third-order valence-corrected chi connectivity index (χ3v) is 11.7. The number of aromatic nitrogens is 1. The first-order chi connectivity index (χ1) is 22.0. The Bertz CT molecular complexity index is 1580. The molecule has 7 heteroatoms. The highest BCUT2D eigenvalue weighted by Crippen LogP contribution is 2.56. The number of pyridine rings is 1. The Hall–Kier alpha value is -3.09. The molecule has 3 aromatic rings. The van der Waals surface area contributed by atoms with Crippen LogP contribution in [0.2, 0.25) is 5.02 Å². The Morgan fingerprint density at radius 3 is 2.65 bits per heavy atom. The van der Waals surface area contributed by atoms with Crippen LogP contribution in [0.5, 0.6) is 5.75 Å². The zero-order valence-corrected chi connectivity index (χ0v) is 28.8. The molecular formula is C39H49ClN2O4. The third kappa shape index (κ3) is 6.15. The molecule has 0 radical (unpaired) electrons. The first-order valence-corrected chi connectivity index (χ1v) is 17.4. The van der Waals surface area contributed by atoms with Gasteiger partial charge in [-0.15, -0.1) is 0 Å².